The number of aromatic nitrogens is 4. The Morgan fingerprint density at radius 2 is 2.04 bits per heavy atom. The molecule has 138 valence electrons. The standard InChI is InChI=1S/C19H17FN4O2S/c1-23-15(7-8-22-23)16(10-26-2)24-11-21-14-9-17(27-18(14)19(24)25)12-3-5-13(20)6-4-12/h3-9,11,16H,10H2,1-2H3/t16-/m1/s1. The van der Waals surface area contributed by atoms with Crippen LogP contribution in [0.15, 0.2) is 53.7 Å². The Balaban J connectivity index is 1.83. The van der Waals surface area contributed by atoms with Crippen molar-refractivity contribution in [1.29, 1.82) is 0 Å². The third kappa shape index (κ3) is 3.17. The van der Waals surface area contributed by atoms with Gasteiger partial charge in [0.15, 0.2) is 0 Å². The average Bonchev–Trinajstić information content (AvgIpc) is 3.28. The Bertz CT molecular complexity index is 1150. The van der Waals surface area contributed by atoms with E-state index in [2.05, 4.69) is 10.1 Å². The van der Waals surface area contributed by atoms with Crippen LogP contribution < -0.4 is 5.56 Å². The average molecular weight is 384 g/mol. The molecule has 0 unspecified atom stereocenters. The van der Waals surface area contributed by atoms with E-state index in [0.717, 1.165) is 16.1 Å². The number of hydrogen-bond acceptors (Lipinski definition) is 5. The Labute approximate surface area is 158 Å². The van der Waals surface area contributed by atoms with Gasteiger partial charge in [0.05, 0.1) is 24.1 Å². The van der Waals surface area contributed by atoms with Gasteiger partial charge in [-0.2, -0.15) is 5.10 Å². The molecule has 0 aliphatic heterocycles. The quantitative estimate of drug-likeness (QED) is 0.530. The van der Waals surface area contributed by atoms with Gasteiger partial charge in [-0.3, -0.25) is 14.0 Å². The molecule has 0 saturated heterocycles. The van der Waals surface area contributed by atoms with Crippen LogP contribution in [0.5, 0.6) is 0 Å². The smallest absolute Gasteiger partial charge is 0.272 e. The van der Waals surface area contributed by atoms with Crippen LogP contribution in [0.2, 0.25) is 0 Å². The van der Waals surface area contributed by atoms with E-state index in [1.807, 2.05) is 19.2 Å². The molecule has 0 saturated carbocycles. The molecule has 1 aromatic carbocycles. The van der Waals surface area contributed by atoms with Crippen molar-refractivity contribution in [1.82, 2.24) is 19.3 Å². The van der Waals surface area contributed by atoms with E-state index in [1.165, 1.54) is 23.5 Å². The second kappa shape index (κ2) is 7.05. The number of benzene rings is 1. The highest BCUT2D eigenvalue weighted by Gasteiger charge is 2.21. The van der Waals surface area contributed by atoms with Crippen LogP contribution >= 0.6 is 11.3 Å². The molecule has 0 aliphatic rings. The van der Waals surface area contributed by atoms with Crippen LogP contribution in [0.25, 0.3) is 20.7 Å². The van der Waals surface area contributed by atoms with Crippen LogP contribution in [-0.2, 0) is 11.8 Å². The molecular formula is C19H17FN4O2S. The maximum atomic E-state index is 13.2. The van der Waals surface area contributed by atoms with Crippen molar-refractivity contribution in [2.75, 3.05) is 13.7 Å². The summed E-state index contributed by atoms with van der Waals surface area (Å²) < 4.78 is 22.4. The fourth-order valence-corrected chi connectivity index (χ4v) is 4.13. The predicted octanol–water partition coefficient (Wildman–Crippen LogP) is 3.23. The summed E-state index contributed by atoms with van der Waals surface area (Å²) in [6.07, 6.45) is 3.23. The summed E-state index contributed by atoms with van der Waals surface area (Å²) in [5.74, 6) is -0.293. The van der Waals surface area contributed by atoms with Gasteiger partial charge in [0, 0.05) is 25.2 Å². The maximum Gasteiger partial charge on any atom is 0.272 e. The minimum absolute atomic E-state index is 0.137. The minimum atomic E-state index is -0.330. The van der Waals surface area contributed by atoms with Crippen LogP contribution in [0.4, 0.5) is 4.39 Å². The number of thiophene rings is 1. The Hall–Kier alpha value is -2.84. The first-order chi connectivity index (χ1) is 13.1. The van der Waals surface area contributed by atoms with Gasteiger partial charge in [0.1, 0.15) is 16.6 Å². The van der Waals surface area contributed by atoms with Gasteiger partial charge < -0.3 is 4.74 Å². The van der Waals surface area contributed by atoms with Crippen LogP contribution in [0, 0.1) is 5.82 Å². The molecule has 6 nitrogen and oxygen atoms in total. The van der Waals surface area contributed by atoms with Gasteiger partial charge in [-0.1, -0.05) is 12.1 Å². The Kier molecular flexibility index (Phi) is 4.59. The van der Waals surface area contributed by atoms with E-state index >= 15 is 0 Å². The van der Waals surface area contributed by atoms with E-state index in [-0.39, 0.29) is 17.4 Å². The first-order valence-electron chi connectivity index (χ1n) is 8.32. The summed E-state index contributed by atoms with van der Waals surface area (Å²) in [6, 6.07) is 9.59. The molecule has 0 aliphatic carbocycles. The highest BCUT2D eigenvalue weighted by molar-refractivity contribution is 7.22. The molecule has 0 fully saturated rings. The summed E-state index contributed by atoms with van der Waals surface area (Å²) in [6.45, 7) is 0.322. The van der Waals surface area contributed by atoms with E-state index < -0.39 is 0 Å². The third-order valence-corrected chi connectivity index (χ3v) is 5.61. The largest absolute Gasteiger partial charge is 0.382 e. The number of hydrogen-bond donors (Lipinski definition) is 0. The molecule has 4 rings (SSSR count). The Morgan fingerprint density at radius 1 is 1.26 bits per heavy atom. The monoisotopic (exact) mass is 384 g/mol. The molecule has 3 heterocycles. The zero-order valence-electron chi connectivity index (χ0n) is 14.8. The second-order valence-electron chi connectivity index (χ2n) is 6.14. The first kappa shape index (κ1) is 17.6. The molecule has 1 atom stereocenters. The number of fused-ring (bicyclic) bond motifs is 1. The van der Waals surface area contributed by atoms with Gasteiger partial charge in [0.25, 0.3) is 5.56 Å². The summed E-state index contributed by atoms with van der Waals surface area (Å²) in [5, 5.41) is 4.19. The number of ether oxygens (including phenoxy) is 1. The zero-order valence-corrected chi connectivity index (χ0v) is 15.6. The number of halogens is 1. The number of aryl methyl sites for hydroxylation is 1. The second-order valence-corrected chi connectivity index (χ2v) is 7.19. The molecule has 8 heteroatoms. The van der Waals surface area contributed by atoms with Gasteiger partial charge in [-0.05, 0) is 29.8 Å². The normalized spacial score (nSPS) is 12.6. The summed E-state index contributed by atoms with van der Waals surface area (Å²) in [5.41, 5.74) is 2.20. The highest BCUT2D eigenvalue weighted by Crippen LogP contribution is 2.31. The highest BCUT2D eigenvalue weighted by atomic mass is 32.1. The summed E-state index contributed by atoms with van der Waals surface area (Å²) >= 11 is 1.35. The third-order valence-electron chi connectivity index (χ3n) is 4.45. The molecular weight excluding hydrogens is 367 g/mol. The lowest BCUT2D eigenvalue weighted by Gasteiger charge is -2.18. The molecule has 0 N–H and O–H groups in total. The van der Waals surface area contributed by atoms with Crippen molar-refractivity contribution in [3.8, 4) is 10.4 Å². The van der Waals surface area contributed by atoms with E-state index in [9.17, 15) is 9.18 Å². The maximum absolute atomic E-state index is 13.2. The lowest BCUT2D eigenvalue weighted by Crippen LogP contribution is -2.29. The summed E-state index contributed by atoms with van der Waals surface area (Å²) in [4.78, 5) is 18.5. The molecule has 0 radical (unpaired) electrons. The van der Waals surface area contributed by atoms with Crippen molar-refractivity contribution in [2.45, 2.75) is 6.04 Å². The van der Waals surface area contributed by atoms with Gasteiger partial charge in [-0.15, -0.1) is 11.3 Å². The van der Waals surface area contributed by atoms with Crippen LogP contribution in [0.3, 0.4) is 0 Å². The number of rotatable bonds is 5. The van der Waals surface area contributed by atoms with Gasteiger partial charge >= 0.3 is 0 Å². The van der Waals surface area contributed by atoms with E-state index in [4.69, 9.17) is 4.74 Å². The summed E-state index contributed by atoms with van der Waals surface area (Å²) in [7, 11) is 3.42. The molecule has 0 amide bonds. The van der Waals surface area contributed by atoms with Crippen molar-refractivity contribution in [3.05, 3.63) is 70.8 Å². The molecule has 4 aromatic rings. The van der Waals surface area contributed by atoms with E-state index in [1.54, 1.807) is 41.0 Å². The zero-order chi connectivity index (χ0) is 19.0. The fourth-order valence-electron chi connectivity index (χ4n) is 3.08. The molecule has 3 aromatic heterocycles. The van der Waals surface area contributed by atoms with Crippen molar-refractivity contribution in [3.63, 3.8) is 0 Å². The van der Waals surface area contributed by atoms with Crippen LogP contribution in [-0.4, -0.2) is 33.0 Å². The first-order valence-corrected chi connectivity index (χ1v) is 9.13. The minimum Gasteiger partial charge on any atom is -0.382 e. The lowest BCUT2D eigenvalue weighted by molar-refractivity contribution is 0.164. The van der Waals surface area contributed by atoms with Crippen molar-refractivity contribution < 1.29 is 9.13 Å². The molecule has 0 spiro atoms. The number of nitrogens with zero attached hydrogens (tertiary/aromatic N) is 4. The fraction of sp³-hybridized carbons (Fsp3) is 0.211. The van der Waals surface area contributed by atoms with Gasteiger partial charge in [0.2, 0.25) is 0 Å². The topological polar surface area (TPSA) is 61.9 Å². The number of methoxy groups -OCH3 is 1. The van der Waals surface area contributed by atoms with Crippen molar-refractivity contribution >= 4 is 21.6 Å². The van der Waals surface area contributed by atoms with Crippen molar-refractivity contribution in [2.24, 2.45) is 7.05 Å². The Morgan fingerprint density at radius 3 is 2.70 bits per heavy atom. The molecule has 0 bridgehead atoms. The SMILES string of the molecule is COC[C@H](c1ccnn1C)n1cnc2cc(-c3ccc(F)cc3)sc2c1=O. The van der Waals surface area contributed by atoms with E-state index in [0.29, 0.717) is 16.8 Å². The van der Waals surface area contributed by atoms with Gasteiger partial charge in [-0.25, -0.2) is 9.37 Å². The predicted molar refractivity (Wildman–Crippen MR) is 102 cm³/mol. The molecule has 27 heavy (non-hydrogen) atoms. The van der Waals surface area contributed by atoms with Crippen LogP contribution in [0.1, 0.15) is 11.7 Å². The lowest BCUT2D eigenvalue weighted by atomic mass is 10.2.